The molecule has 0 radical (unpaired) electrons. The molecule has 0 saturated heterocycles. The van der Waals surface area contributed by atoms with Crippen LogP contribution in [0.25, 0.3) is 11.1 Å². The number of oxime groups is 1. The van der Waals surface area contributed by atoms with Crippen LogP contribution >= 0.6 is 0 Å². The van der Waals surface area contributed by atoms with Gasteiger partial charge in [-0.3, -0.25) is 4.79 Å². The Kier molecular flexibility index (Phi) is 7.72. The number of anilines is 1. The van der Waals surface area contributed by atoms with Gasteiger partial charge < -0.3 is 10.6 Å². The number of rotatable bonds is 10. The molecule has 0 fully saturated rings. The lowest BCUT2D eigenvalue weighted by atomic mass is 9.73. The van der Waals surface area contributed by atoms with Gasteiger partial charge in [0.25, 0.3) is 0 Å². The number of hydrogen-bond donors (Lipinski definition) is 1. The molecule has 0 spiro atoms. The van der Waals surface area contributed by atoms with Crippen LogP contribution in [0, 0.1) is 5.92 Å². The standard InChI is InChI=1S/C28H36N2O3/c1-6-11-18(7-2)26(30-33-25(31)8-3)27(32)19-12-14-21-22-15-13-20(29)17-24(22)28(9-4,10-5)23(21)16-19/h12-18H,6-11,29H2,1-5H3/b30-26+. The zero-order valence-electron chi connectivity index (χ0n) is 20.5. The van der Waals surface area contributed by atoms with Crippen molar-refractivity contribution in [2.75, 3.05) is 5.73 Å². The van der Waals surface area contributed by atoms with Crippen LogP contribution in [0.15, 0.2) is 41.6 Å². The number of Topliss-reactive ketones (excluding diaryl/α,β-unsaturated/α-hetero) is 1. The van der Waals surface area contributed by atoms with Crippen LogP contribution < -0.4 is 5.73 Å². The minimum absolute atomic E-state index is 0.0560. The van der Waals surface area contributed by atoms with Crippen molar-refractivity contribution in [1.82, 2.24) is 0 Å². The fraction of sp³-hybridized carbons (Fsp3) is 0.464. The van der Waals surface area contributed by atoms with Gasteiger partial charge in [-0.2, -0.15) is 0 Å². The van der Waals surface area contributed by atoms with Gasteiger partial charge in [0.05, 0.1) is 0 Å². The fourth-order valence-electron chi connectivity index (χ4n) is 5.16. The third-order valence-corrected chi connectivity index (χ3v) is 7.14. The first-order valence-corrected chi connectivity index (χ1v) is 12.2. The smallest absolute Gasteiger partial charge is 0.334 e. The lowest BCUT2D eigenvalue weighted by Gasteiger charge is -2.30. The zero-order chi connectivity index (χ0) is 24.2. The number of fused-ring (bicyclic) bond motifs is 3. The van der Waals surface area contributed by atoms with Gasteiger partial charge in [-0.1, -0.05) is 64.4 Å². The van der Waals surface area contributed by atoms with Gasteiger partial charge in [0.1, 0.15) is 5.71 Å². The van der Waals surface area contributed by atoms with Crippen molar-refractivity contribution in [2.45, 2.75) is 78.6 Å². The minimum atomic E-state index is -0.440. The zero-order valence-corrected chi connectivity index (χ0v) is 20.5. The second-order valence-electron chi connectivity index (χ2n) is 8.87. The number of ketones is 1. The predicted molar refractivity (Wildman–Crippen MR) is 134 cm³/mol. The van der Waals surface area contributed by atoms with E-state index in [0.29, 0.717) is 11.3 Å². The van der Waals surface area contributed by atoms with E-state index in [9.17, 15) is 9.59 Å². The second kappa shape index (κ2) is 10.3. The van der Waals surface area contributed by atoms with Gasteiger partial charge in [0.2, 0.25) is 5.78 Å². The highest BCUT2D eigenvalue weighted by Crippen LogP contribution is 2.53. The third kappa shape index (κ3) is 4.46. The summed E-state index contributed by atoms with van der Waals surface area (Å²) < 4.78 is 0. The molecule has 0 saturated carbocycles. The van der Waals surface area contributed by atoms with E-state index in [2.05, 4.69) is 38.1 Å². The molecular formula is C28H36N2O3. The summed E-state index contributed by atoms with van der Waals surface area (Å²) >= 11 is 0. The lowest BCUT2D eigenvalue weighted by molar-refractivity contribution is -0.143. The van der Waals surface area contributed by atoms with Crippen molar-refractivity contribution in [1.29, 1.82) is 0 Å². The molecule has 0 bridgehead atoms. The highest BCUT2D eigenvalue weighted by atomic mass is 16.7. The van der Waals surface area contributed by atoms with Gasteiger partial charge in [0, 0.05) is 29.0 Å². The monoisotopic (exact) mass is 448 g/mol. The van der Waals surface area contributed by atoms with Crippen LogP contribution in [0.5, 0.6) is 0 Å². The number of carbonyl (C=O) groups is 2. The largest absolute Gasteiger partial charge is 0.399 e. The summed E-state index contributed by atoms with van der Waals surface area (Å²) in [6, 6.07) is 12.0. The van der Waals surface area contributed by atoms with E-state index >= 15 is 0 Å². The molecule has 5 heteroatoms. The van der Waals surface area contributed by atoms with E-state index in [1.165, 1.54) is 11.1 Å². The molecule has 2 N–H and O–H groups in total. The van der Waals surface area contributed by atoms with Gasteiger partial charge in [0.15, 0.2) is 0 Å². The first-order chi connectivity index (χ1) is 15.9. The third-order valence-electron chi connectivity index (χ3n) is 7.14. The number of carbonyl (C=O) groups excluding carboxylic acids is 2. The second-order valence-corrected chi connectivity index (χ2v) is 8.87. The molecule has 1 unspecified atom stereocenters. The Hall–Kier alpha value is -2.95. The Morgan fingerprint density at radius 2 is 1.61 bits per heavy atom. The maximum atomic E-state index is 13.7. The molecule has 176 valence electrons. The molecule has 0 heterocycles. The van der Waals surface area contributed by atoms with Crippen molar-refractivity contribution in [3.05, 3.63) is 53.1 Å². The van der Waals surface area contributed by atoms with E-state index in [1.807, 2.05) is 31.2 Å². The maximum Gasteiger partial charge on any atom is 0.334 e. The van der Waals surface area contributed by atoms with E-state index in [1.54, 1.807) is 6.92 Å². The van der Waals surface area contributed by atoms with Gasteiger partial charge in [-0.15, -0.1) is 0 Å². The molecule has 0 aliphatic heterocycles. The average molecular weight is 449 g/mol. The molecule has 0 amide bonds. The molecule has 33 heavy (non-hydrogen) atoms. The van der Waals surface area contributed by atoms with Crippen LogP contribution in [0.3, 0.4) is 0 Å². The van der Waals surface area contributed by atoms with Gasteiger partial charge >= 0.3 is 5.97 Å². The minimum Gasteiger partial charge on any atom is -0.399 e. The number of nitrogen functional groups attached to an aromatic ring is 1. The summed E-state index contributed by atoms with van der Waals surface area (Å²) in [4.78, 5) is 30.5. The van der Waals surface area contributed by atoms with E-state index in [0.717, 1.165) is 48.9 Å². The highest BCUT2D eigenvalue weighted by Gasteiger charge is 2.41. The Labute approximate surface area is 197 Å². The Morgan fingerprint density at radius 3 is 2.18 bits per heavy atom. The van der Waals surface area contributed by atoms with Crippen molar-refractivity contribution in [3.8, 4) is 11.1 Å². The van der Waals surface area contributed by atoms with E-state index in [4.69, 9.17) is 10.6 Å². The van der Waals surface area contributed by atoms with Crippen LogP contribution in [0.4, 0.5) is 5.69 Å². The Bertz CT molecular complexity index is 1070. The number of nitrogens with zero attached hydrogens (tertiary/aromatic N) is 1. The van der Waals surface area contributed by atoms with Crippen molar-refractivity contribution in [3.63, 3.8) is 0 Å². The summed E-state index contributed by atoms with van der Waals surface area (Å²) in [7, 11) is 0. The molecule has 0 aromatic heterocycles. The van der Waals surface area contributed by atoms with Crippen LogP contribution in [0.2, 0.25) is 0 Å². The van der Waals surface area contributed by atoms with Crippen molar-refractivity contribution >= 4 is 23.2 Å². The summed E-state index contributed by atoms with van der Waals surface area (Å²) in [5, 5.41) is 4.08. The quantitative estimate of drug-likeness (QED) is 0.145. The number of nitrogens with two attached hydrogens (primary N) is 1. The molecule has 1 aliphatic rings. The number of benzene rings is 2. The van der Waals surface area contributed by atoms with E-state index in [-0.39, 0.29) is 23.5 Å². The van der Waals surface area contributed by atoms with E-state index < -0.39 is 5.97 Å². The molecule has 3 rings (SSSR count). The first-order valence-electron chi connectivity index (χ1n) is 12.2. The highest BCUT2D eigenvalue weighted by molar-refractivity contribution is 6.46. The molecule has 1 aliphatic carbocycles. The summed E-state index contributed by atoms with van der Waals surface area (Å²) in [5.41, 5.74) is 12.4. The molecule has 2 aromatic carbocycles. The average Bonchev–Trinajstić information content (AvgIpc) is 3.11. The summed E-state index contributed by atoms with van der Waals surface area (Å²) in [5.74, 6) is -0.664. The molecule has 2 aromatic rings. The molecule has 5 nitrogen and oxygen atoms in total. The topological polar surface area (TPSA) is 81.8 Å². The molecular weight excluding hydrogens is 412 g/mol. The SMILES string of the molecule is CCCC(CC)/C(=N\OC(=O)CC)C(=O)c1ccc2c(c1)C(CC)(CC)c1cc(N)ccc1-2. The lowest BCUT2D eigenvalue weighted by Crippen LogP contribution is -2.26. The van der Waals surface area contributed by atoms with Gasteiger partial charge in [-0.25, -0.2) is 4.79 Å². The van der Waals surface area contributed by atoms with Crippen LogP contribution in [-0.2, 0) is 15.0 Å². The first kappa shape index (κ1) is 24.7. The summed E-state index contributed by atoms with van der Waals surface area (Å²) in [6.07, 6.45) is 4.52. The fourth-order valence-corrected chi connectivity index (χ4v) is 5.16. The van der Waals surface area contributed by atoms with Crippen LogP contribution in [0.1, 0.15) is 94.6 Å². The normalized spacial score (nSPS) is 15.0. The van der Waals surface area contributed by atoms with Crippen molar-refractivity contribution in [2.24, 2.45) is 11.1 Å². The summed E-state index contributed by atoms with van der Waals surface area (Å²) in [6.45, 7) is 10.2. The van der Waals surface area contributed by atoms with Gasteiger partial charge in [-0.05, 0) is 66.1 Å². The maximum absolute atomic E-state index is 13.7. The molecule has 1 atom stereocenters. The Morgan fingerprint density at radius 1 is 0.970 bits per heavy atom. The number of hydrogen-bond acceptors (Lipinski definition) is 5. The van der Waals surface area contributed by atoms with Crippen LogP contribution in [-0.4, -0.2) is 17.5 Å². The predicted octanol–water partition coefficient (Wildman–Crippen LogP) is 6.67. The van der Waals surface area contributed by atoms with Crippen molar-refractivity contribution < 1.29 is 14.4 Å². The Balaban J connectivity index is 2.11.